The molecule has 2 aromatic rings. The van der Waals surface area contributed by atoms with Gasteiger partial charge in [0.05, 0.1) is 5.56 Å². The van der Waals surface area contributed by atoms with Crippen LogP contribution in [0.3, 0.4) is 0 Å². The van der Waals surface area contributed by atoms with Crippen LogP contribution in [0, 0.1) is 11.5 Å². The first kappa shape index (κ1) is 14.1. The monoisotopic (exact) mass is 293 g/mol. The van der Waals surface area contributed by atoms with Gasteiger partial charge in [0.1, 0.15) is 5.69 Å². The average molecular weight is 293 g/mol. The smallest absolute Gasteiger partial charge is 0.251 e. The number of hydrogen-bond acceptors (Lipinski definition) is 5. The Bertz CT molecular complexity index is 922. The number of nitriles is 1. The molecule has 3 rings (SSSR count). The maximum Gasteiger partial charge on any atom is 0.251 e. The molecule has 0 bridgehead atoms. The van der Waals surface area contributed by atoms with Gasteiger partial charge in [0, 0.05) is 16.8 Å². The van der Waals surface area contributed by atoms with E-state index in [-0.39, 0.29) is 11.1 Å². The summed E-state index contributed by atoms with van der Waals surface area (Å²) in [4.78, 5) is 23.5. The molecule has 1 aliphatic heterocycles. The van der Waals surface area contributed by atoms with Crippen molar-refractivity contribution in [3.63, 3.8) is 0 Å². The van der Waals surface area contributed by atoms with Gasteiger partial charge in [0.2, 0.25) is 5.43 Å². The summed E-state index contributed by atoms with van der Waals surface area (Å²) in [5.41, 5.74) is 2.62. The molecule has 2 aromatic carbocycles. The Labute approximate surface area is 127 Å². The van der Waals surface area contributed by atoms with E-state index in [0.717, 1.165) is 16.9 Å². The average Bonchev–Trinajstić information content (AvgIpc) is 2.78. The molecule has 0 radical (unpaired) electrons. The Morgan fingerprint density at radius 2 is 1.91 bits per heavy atom. The van der Waals surface area contributed by atoms with E-state index in [1.165, 1.54) is 0 Å². The molecule has 5 nitrogen and oxygen atoms in total. The lowest BCUT2D eigenvalue weighted by Crippen LogP contribution is -2.38. The zero-order valence-electron chi connectivity index (χ0n) is 12.6. The van der Waals surface area contributed by atoms with Crippen LogP contribution in [-0.2, 0) is 5.41 Å². The van der Waals surface area contributed by atoms with Crippen molar-refractivity contribution >= 4 is 16.9 Å². The first-order chi connectivity index (χ1) is 10.4. The van der Waals surface area contributed by atoms with Crippen molar-refractivity contribution in [1.82, 2.24) is 0 Å². The lowest BCUT2D eigenvalue weighted by molar-refractivity contribution is 0.655. The highest BCUT2D eigenvalue weighted by Gasteiger charge is 2.37. The highest BCUT2D eigenvalue weighted by Crippen LogP contribution is 2.45. The third-order valence-corrected chi connectivity index (χ3v) is 4.33. The van der Waals surface area contributed by atoms with Crippen LogP contribution >= 0.6 is 0 Å². The number of para-hydroxylation sites is 1. The van der Waals surface area contributed by atoms with Crippen LogP contribution in [-0.4, -0.2) is 0 Å². The van der Waals surface area contributed by atoms with E-state index in [9.17, 15) is 9.59 Å². The van der Waals surface area contributed by atoms with Gasteiger partial charge in [-0.25, -0.2) is 0 Å². The highest BCUT2D eigenvalue weighted by atomic mass is 16.2. The molecule has 5 heteroatoms. The van der Waals surface area contributed by atoms with Gasteiger partial charge in [-0.15, -0.1) is 0 Å². The van der Waals surface area contributed by atoms with Crippen molar-refractivity contribution in [2.75, 3.05) is 10.6 Å². The summed E-state index contributed by atoms with van der Waals surface area (Å²) in [5.74, 6) is 0. The molecular formula is C17H15N3O2. The predicted molar refractivity (Wildman–Crippen MR) is 86.3 cm³/mol. The van der Waals surface area contributed by atoms with E-state index in [4.69, 9.17) is 5.26 Å². The summed E-state index contributed by atoms with van der Waals surface area (Å²) in [6.45, 7) is 5.93. The summed E-state index contributed by atoms with van der Waals surface area (Å²) in [7, 11) is 0. The van der Waals surface area contributed by atoms with Crippen LogP contribution < -0.4 is 21.5 Å². The van der Waals surface area contributed by atoms with Gasteiger partial charge >= 0.3 is 0 Å². The number of allylic oxidation sites excluding steroid dienone is 2. The fourth-order valence-corrected chi connectivity index (χ4v) is 3.17. The van der Waals surface area contributed by atoms with Gasteiger partial charge in [-0.2, -0.15) is 5.26 Å². The summed E-state index contributed by atoms with van der Waals surface area (Å²) < 4.78 is 0. The Hall–Kier alpha value is -2.87. The van der Waals surface area contributed by atoms with Crippen LogP contribution in [0.5, 0.6) is 0 Å². The van der Waals surface area contributed by atoms with Gasteiger partial charge in [0.25, 0.3) is 5.43 Å². The van der Waals surface area contributed by atoms with Crippen LogP contribution in [0.25, 0.3) is 5.57 Å². The molecule has 0 amide bonds. The predicted octanol–water partition coefficient (Wildman–Crippen LogP) is 2.31. The van der Waals surface area contributed by atoms with Crippen molar-refractivity contribution in [3.05, 3.63) is 61.5 Å². The number of hydrogen-bond donors (Lipinski definition) is 2. The largest absolute Gasteiger partial charge is 0.358 e. The van der Waals surface area contributed by atoms with E-state index in [0.29, 0.717) is 11.1 Å². The van der Waals surface area contributed by atoms with Crippen LogP contribution in [0.2, 0.25) is 0 Å². The molecule has 0 aromatic heterocycles. The molecule has 0 saturated heterocycles. The molecule has 22 heavy (non-hydrogen) atoms. The lowest BCUT2D eigenvalue weighted by Gasteiger charge is -2.24. The number of benzene rings is 1. The van der Waals surface area contributed by atoms with Gasteiger partial charge < -0.3 is 5.32 Å². The van der Waals surface area contributed by atoms with Crippen LogP contribution in [0.1, 0.15) is 31.9 Å². The first-order valence-corrected chi connectivity index (χ1v) is 6.96. The molecular weight excluding hydrogens is 278 g/mol. The molecule has 110 valence electrons. The standard InChI is InChI=1S/C17H15N3O2/c1-9(12-13(19-8-18)15(22)14(12)21)16-17(2,3)10-6-4-5-7-11(10)20-16/h4-7,19-20H,1-3H3. The molecule has 0 unspecified atom stereocenters. The van der Waals surface area contributed by atoms with Gasteiger partial charge in [0.15, 0.2) is 6.19 Å². The van der Waals surface area contributed by atoms with Crippen molar-refractivity contribution in [2.24, 2.45) is 0 Å². The van der Waals surface area contributed by atoms with Crippen LogP contribution in [0.4, 0.5) is 11.4 Å². The molecule has 1 aliphatic rings. The first-order valence-electron chi connectivity index (χ1n) is 6.96. The maximum atomic E-state index is 11.9. The van der Waals surface area contributed by atoms with Crippen molar-refractivity contribution < 1.29 is 0 Å². The summed E-state index contributed by atoms with van der Waals surface area (Å²) in [6.07, 6.45) is 1.71. The Morgan fingerprint density at radius 3 is 2.55 bits per heavy atom. The normalized spacial score (nSPS) is 17.5. The quantitative estimate of drug-likeness (QED) is 0.504. The number of rotatable bonds is 2. The number of nitrogens with one attached hydrogen (secondary N) is 2. The van der Waals surface area contributed by atoms with E-state index >= 15 is 0 Å². The molecule has 0 saturated carbocycles. The minimum absolute atomic E-state index is 0.0889. The molecule has 0 fully saturated rings. The van der Waals surface area contributed by atoms with Gasteiger partial charge in [-0.1, -0.05) is 32.0 Å². The summed E-state index contributed by atoms with van der Waals surface area (Å²) in [5, 5.41) is 14.4. The third kappa shape index (κ3) is 1.70. The maximum absolute atomic E-state index is 11.9. The van der Waals surface area contributed by atoms with Crippen LogP contribution in [0.15, 0.2) is 39.6 Å². The second-order valence-corrected chi connectivity index (χ2v) is 5.94. The van der Waals surface area contributed by atoms with Gasteiger partial charge in [-0.05, 0) is 24.1 Å². The van der Waals surface area contributed by atoms with E-state index in [1.807, 2.05) is 24.3 Å². The molecule has 1 heterocycles. The van der Waals surface area contributed by atoms with E-state index in [1.54, 1.807) is 13.1 Å². The number of nitrogens with zero attached hydrogens (tertiary/aromatic N) is 1. The topological polar surface area (TPSA) is 82.0 Å². The third-order valence-electron chi connectivity index (χ3n) is 4.33. The SMILES string of the molecule is CC(=C1Nc2ccccc2C1(C)C)c1c(NC#N)c(=O)c1=O. The molecule has 0 atom stereocenters. The van der Waals surface area contributed by atoms with E-state index < -0.39 is 10.9 Å². The highest BCUT2D eigenvalue weighted by molar-refractivity contribution is 5.86. The fraction of sp³-hybridized carbons (Fsp3) is 0.235. The Kier molecular flexibility index (Phi) is 2.92. The zero-order valence-corrected chi connectivity index (χ0v) is 12.6. The number of fused-ring (bicyclic) bond motifs is 1. The minimum Gasteiger partial charge on any atom is -0.358 e. The fourth-order valence-electron chi connectivity index (χ4n) is 3.17. The minimum atomic E-state index is -0.634. The second kappa shape index (κ2) is 4.57. The van der Waals surface area contributed by atoms with Crippen molar-refractivity contribution in [1.29, 1.82) is 5.26 Å². The summed E-state index contributed by atoms with van der Waals surface area (Å²) >= 11 is 0. The molecule has 0 spiro atoms. The summed E-state index contributed by atoms with van der Waals surface area (Å²) in [6, 6.07) is 7.94. The molecule has 2 N–H and O–H groups in total. The Morgan fingerprint density at radius 1 is 1.23 bits per heavy atom. The second-order valence-electron chi connectivity index (χ2n) is 5.94. The van der Waals surface area contributed by atoms with Crippen molar-refractivity contribution in [3.8, 4) is 6.19 Å². The van der Waals surface area contributed by atoms with Gasteiger partial charge in [-0.3, -0.25) is 14.9 Å². The lowest BCUT2D eigenvalue weighted by atomic mass is 9.80. The zero-order chi connectivity index (χ0) is 16.1. The molecule has 0 aliphatic carbocycles. The van der Waals surface area contributed by atoms with E-state index in [2.05, 4.69) is 24.5 Å². The van der Waals surface area contributed by atoms with Crippen molar-refractivity contribution in [2.45, 2.75) is 26.2 Å². The Balaban J connectivity index is 2.18. The number of anilines is 2.